The Bertz CT molecular complexity index is 538. The van der Waals surface area contributed by atoms with Crippen LogP contribution in [0.2, 0.25) is 0 Å². The predicted molar refractivity (Wildman–Crippen MR) is 78.8 cm³/mol. The molecule has 0 aliphatic carbocycles. The van der Waals surface area contributed by atoms with Gasteiger partial charge < -0.3 is 5.32 Å². The molecular formula is C14H22N2O3S. The van der Waals surface area contributed by atoms with E-state index in [1.807, 2.05) is 20.8 Å². The van der Waals surface area contributed by atoms with Gasteiger partial charge in [-0.2, -0.15) is 0 Å². The summed E-state index contributed by atoms with van der Waals surface area (Å²) in [6.45, 7) is 6.14. The highest BCUT2D eigenvalue weighted by molar-refractivity contribution is 7.89. The van der Waals surface area contributed by atoms with Gasteiger partial charge in [-0.3, -0.25) is 4.79 Å². The fourth-order valence-electron chi connectivity index (χ4n) is 1.53. The summed E-state index contributed by atoms with van der Waals surface area (Å²) in [7, 11) is -3.50. The van der Waals surface area contributed by atoms with E-state index in [1.165, 1.54) is 0 Å². The molecule has 1 atom stereocenters. The first-order valence-electron chi connectivity index (χ1n) is 6.71. The van der Waals surface area contributed by atoms with Crippen LogP contribution < -0.4 is 10.0 Å². The summed E-state index contributed by atoms with van der Waals surface area (Å²) < 4.78 is 26.4. The van der Waals surface area contributed by atoms with E-state index in [0.29, 0.717) is 0 Å². The van der Waals surface area contributed by atoms with E-state index in [1.54, 1.807) is 24.3 Å². The van der Waals surface area contributed by atoms with Gasteiger partial charge in [-0.15, -0.1) is 0 Å². The molecule has 1 amide bonds. The van der Waals surface area contributed by atoms with Crippen LogP contribution in [0.1, 0.15) is 25.8 Å². The third kappa shape index (κ3) is 4.94. The van der Waals surface area contributed by atoms with Crippen LogP contribution in [0.25, 0.3) is 0 Å². The van der Waals surface area contributed by atoms with Gasteiger partial charge in [-0.05, 0) is 25.5 Å². The zero-order chi connectivity index (χ0) is 15.2. The van der Waals surface area contributed by atoms with Crippen molar-refractivity contribution in [1.82, 2.24) is 10.0 Å². The molecule has 0 spiro atoms. The number of carbonyl (C=O) groups is 1. The Labute approximate surface area is 120 Å². The van der Waals surface area contributed by atoms with E-state index in [9.17, 15) is 13.2 Å². The van der Waals surface area contributed by atoms with Crippen LogP contribution in [0.5, 0.6) is 0 Å². The van der Waals surface area contributed by atoms with Gasteiger partial charge in [-0.25, -0.2) is 13.1 Å². The van der Waals surface area contributed by atoms with Crippen molar-refractivity contribution in [2.24, 2.45) is 5.92 Å². The van der Waals surface area contributed by atoms with E-state index < -0.39 is 10.0 Å². The standard InChI is InChI=1S/C14H22N2O3S/c1-4-12(3)14(17)15-9-10-16-20(18,19)13-7-5-11(2)6-8-13/h5-8,12,16H,4,9-10H2,1-3H3,(H,15,17). The van der Waals surface area contributed by atoms with Gasteiger partial charge in [0.1, 0.15) is 0 Å². The number of carbonyl (C=O) groups excluding carboxylic acids is 1. The Hall–Kier alpha value is -1.40. The van der Waals surface area contributed by atoms with Crippen LogP contribution >= 0.6 is 0 Å². The maximum absolute atomic E-state index is 12.0. The summed E-state index contributed by atoms with van der Waals surface area (Å²) in [5.41, 5.74) is 1.00. The van der Waals surface area contributed by atoms with Crippen molar-refractivity contribution in [2.75, 3.05) is 13.1 Å². The molecule has 5 nitrogen and oxygen atoms in total. The molecule has 0 saturated carbocycles. The molecule has 0 aliphatic rings. The molecule has 20 heavy (non-hydrogen) atoms. The molecule has 1 aromatic rings. The van der Waals surface area contributed by atoms with Gasteiger partial charge in [-0.1, -0.05) is 31.5 Å². The van der Waals surface area contributed by atoms with Crippen molar-refractivity contribution in [3.05, 3.63) is 29.8 Å². The molecule has 112 valence electrons. The highest BCUT2D eigenvalue weighted by Crippen LogP contribution is 2.09. The molecule has 0 bridgehead atoms. The van der Waals surface area contributed by atoms with E-state index in [-0.39, 0.29) is 29.8 Å². The van der Waals surface area contributed by atoms with Crippen LogP contribution in [-0.2, 0) is 14.8 Å². The molecular weight excluding hydrogens is 276 g/mol. The van der Waals surface area contributed by atoms with E-state index >= 15 is 0 Å². The number of rotatable bonds is 7. The van der Waals surface area contributed by atoms with E-state index in [2.05, 4.69) is 10.0 Å². The lowest BCUT2D eigenvalue weighted by atomic mass is 10.1. The monoisotopic (exact) mass is 298 g/mol. The van der Waals surface area contributed by atoms with Gasteiger partial charge in [0.05, 0.1) is 4.90 Å². The molecule has 1 aromatic carbocycles. The molecule has 0 aliphatic heterocycles. The molecule has 2 N–H and O–H groups in total. The molecule has 1 rings (SSSR count). The molecule has 1 unspecified atom stereocenters. The summed E-state index contributed by atoms with van der Waals surface area (Å²) in [6.07, 6.45) is 0.765. The number of benzene rings is 1. The number of aryl methyl sites for hydroxylation is 1. The summed E-state index contributed by atoms with van der Waals surface area (Å²) in [5, 5.41) is 2.70. The van der Waals surface area contributed by atoms with Gasteiger partial charge in [0.15, 0.2) is 0 Å². The second-order valence-electron chi connectivity index (χ2n) is 4.81. The topological polar surface area (TPSA) is 75.3 Å². The Balaban J connectivity index is 2.45. The lowest BCUT2D eigenvalue weighted by Gasteiger charge is -2.11. The Morgan fingerprint density at radius 3 is 2.35 bits per heavy atom. The fourth-order valence-corrected chi connectivity index (χ4v) is 2.56. The molecule has 6 heteroatoms. The first kappa shape index (κ1) is 16.7. The molecule has 0 fully saturated rings. The first-order valence-corrected chi connectivity index (χ1v) is 8.19. The lowest BCUT2D eigenvalue weighted by Crippen LogP contribution is -2.36. The van der Waals surface area contributed by atoms with E-state index in [4.69, 9.17) is 0 Å². The first-order chi connectivity index (χ1) is 9.36. The maximum atomic E-state index is 12.0. The van der Waals surface area contributed by atoms with Crippen LogP contribution in [0.3, 0.4) is 0 Å². The van der Waals surface area contributed by atoms with Crippen LogP contribution in [-0.4, -0.2) is 27.4 Å². The highest BCUT2D eigenvalue weighted by Gasteiger charge is 2.13. The van der Waals surface area contributed by atoms with Crippen molar-refractivity contribution in [1.29, 1.82) is 0 Å². The maximum Gasteiger partial charge on any atom is 0.240 e. The van der Waals surface area contributed by atoms with Crippen molar-refractivity contribution in [3.63, 3.8) is 0 Å². The second-order valence-corrected chi connectivity index (χ2v) is 6.58. The smallest absolute Gasteiger partial charge is 0.240 e. The van der Waals surface area contributed by atoms with Crippen molar-refractivity contribution in [2.45, 2.75) is 32.1 Å². The zero-order valence-electron chi connectivity index (χ0n) is 12.1. The summed E-state index contributed by atoms with van der Waals surface area (Å²) >= 11 is 0. The van der Waals surface area contributed by atoms with Gasteiger partial charge in [0.25, 0.3) is 0 Å². The average Bonchev–Trinajstić information content (AvgIpc) is 2.43. The largest absolute Gasteiger partial charge is 0.355 e. The minimum absolute atomic E-state index is 0.0521. The Morgan fingerprint density at radius 2 is 1.80 bits per heavy atom. The minimum Gasteiger partial charge on any atom is -0.355 e. The third-order valence-corrected chi connectivity index (χ3v) is 4.58. The summed E-state index contributed by atoms with van der Waals surface area (Å²) in [5.74, 6) is -0.106. The fraction of sp³-hybridized carbons (Fsp3) is 0.500. The van der Waals surface area contributed by atoms with Crippen molar-refractivity contribution < 1.29 is 13.2 Å². The Morgan fingerprint density at radius 1 is 1.20 bits per heavy atom. The van der Waals surface area contributed by atoms with E-state index in [0.717, 1.165) is 12.0 Å². The van der Waals surface area contributed by atoms with Crippen LogP contribution in [0.4, 0.5) is 0 Å². The van der Waals surface area contributed by atoms with Crippen molar-refractivity contribution in [3.8, 4) is 0 Å². The quantitative estimate of drug-likeness (QED) is 0.748. The van der Waals surface area contributed by atoms with Gasteiger partial charge >= 0.3 is 0 Å². The molecule has 0 radical (unpaired) electrons. The second kappa shape index (κ2) is 7.40. The SMILES string of the molecule is CCC(C)C(=O)NCCNS(=O)(=O)c1ccc(C)cc1. The Kier molecular flexibility index (Phi) is 6.16. The number of hydrogen-bond donors (Lipinski definition) is 2. The average molecular weight is 298 g/mol. The molecule has 0 heterocycles. The normalized spacial score (nSPS) is 12.9. The molecule has 0 saturated heterocycles. The van der Waals surface area contributed by atoms with Crippen LogP contribution in [0, 0.1) is 12.8 Å². The number of hydrogen-bond acceptors (Lipinski definition) is 3. The third-order valence-electron chi connectivity index (χ3n) is 3.11. The van der Waals surface area contributed by atoms with Crippen molar-refractivity contribution >= 4 is 15.9 Å². The van der Waals surface area contributed by atoms with Gasteiger partial charge in [0.2, 0.25) is 15.9 Å². The van der Waals surface area contributed by atoms with Crippen LogP contribution in [0.15, 0.2) is 29.2 Å². The predicted octanol–water partition coefficient (Wildman–Crippen LogP) is 1.44. The number of amides is 1. The van der Waals surface area contributed by atoms with Gasteiger partial charge in [0, 0.05) is 19.0 Å². The minimum atomic E-state index is -3.50. The number of sulfonamides is 1. The molecule has 0 aromatic heterocycles. The number of nitrogens with one attached hydrogen (secondary N) is 2. The summed E-state index contributed by atoms with van der Waals surface area (Å²) in [6, 6.07) is 6.63. The lowest BCUT2D eigenvalue weighted by molar-refractivity contribution is -0.124. The highest BCUT2D eigenvalue weighted by atomic mass is 32.2. The zero-order valence-corrected chi connectivity index (χ0v) is 13.0. The summed E-state index contributed by atoms with van der Waals surface area (Å²) in [4.78, 5) is 11.8.